The lowest BCUT2D eigenvalue weighted by Crippen LogP contribution is -2.13. The van der Waals surface area contributed by atoms with Crippen LogP contribution in [-0.4, -0.2) is 18.8 Å². The fourth-order valence-electron chi connectivity index (χ4n) is 2.10. The SMILES string of the molecule is CCOC(=O)Nc1ccc(OC2CCCC2)cc1. The lowest BCUT2D eigenvalue weighted by Gasteiger charge is -2.13. The molecule has 1 aliphatic rings. The maximum Gasteiger partial charge on any atom is 0.411 e. The van der Waals surface area contributed by atoms with E-state index in [1.807, 2.05) is 24.3 Å². The van der Waals surface area contributed by atoms with Crippen LogP contribution < -0.4 is 10.1 Å². The molecule has 1 aromatic rings. The van der Waals surface area contributed by atoms with Crippen molar-refractivity contribution in [3.05, 3.63) is 24.3 Å². The molecule has 18 heavy (non-hydrogen) atoms. The highest BCUT2D eigenvalue weighted by molar-refractivity contribution is 5.84. The van der Waals surface area contributed by atoms with Gasteiger partial charge in [0.05, 0.1) is 12.7 Å². The molecule has 1 saturated carbocycles. The molecule has 0 aromatic heterocycles. The highest BCUT2D eigenvalue weighted by Crippen LogP contribution is 2.24. The van der Waals surface area contributed by atoms with Crippen molar-refractivity contribution in [2.45, 2.75) is 38.7 Å². The number of amides is 1. The van der Waals surface area contributed by atoms with Crippen LogP contribution in [0.5, 0.6) is 5.75 Å². The number of carbonyl (C=O) groups is 1. The molecule has 1 aliphatic carbocycles. The molecule has 0 bridgehead atoms. The van der Waals surface area contributed by atoms with Crippen LogP contribution in [-0.2, 0) is 4.74 Å². The molecule has 0 aliphatic heterocycles. The summed E-state index contributed by atoms with van der Waals surface area (Å²) >= 11 is 0. The van der Waals surface area contributed by atoms with Gasteiger partial charge in [0.2, 0.25) is 0 Å². The van der Waals surface area contributed by atoms with Crippen LogP contribution in [0.1, 0.15) is 32.6 Å². The van der Waals surface area contributed by atoms with Gasteiger partial charge in [0, 0.05) is 5.69 Å². The summed E-state index contributed by atoms with van der Waals surface area (Å²) in [5, 5.41) is 2.65. The van der Waals surface area contributed by atoms with Gasteiger partial charge in [-0.1, -0.05) is 0 Å². The first kappa shape index (κ1) is 12.7. The molecular formula is C14H19NO3. The summed E-state index contributed by atoms with van der Waals surface area (Å²) < 4.78 is 10.6. The average molecular weight is 249 g/mol. The number of hydrogen-bond acceptors (Lipinski definition) is 3. The van der Waals surface area contributed by atoms with Crippen LogP contribution in [0.15, 0.2) is 24.3 Å². The number of ether oxygens (including phenoxy) is 2. The Morgan fingerprint density at radius 2 is 1.94 bits per heavy atom. The van der Waals surface area contributed by atoms with Gasteiger partial charge >= 0.3 is 6.09 Å². The second-order valence-electron chi connectivity index (χ2n) is 4.39. The topological polar surface area (TPSA) is 47.6 Å². The lowest BCUT2D eigenvalue weighted by atomic mass is 10.3. The van der Waals surface area contributed by atoms with Crippen molar-refractivity contribution >= 4 is 11.8 Å². The summed E-state index contributed by atoms with van der Waals surface area (Å²) in [5.74, 6) is 0.858. The molecule has 1 N–H and O–H groups in total. The molecule has 0 unspecified atom stereocenters. The molecule has 4 nitrogen and oxygen atoms in total. The van der Waals surface area contributed by atoms with Gasteiger partial charge in [-0.05, 0) is 56.9 Å². The molecule has 0 heterocycles. The number of rotatable bonds is 4. The summed E-state index contributed by atoms with van der Waals surface area (Å²) in [6.45, 7) is 2.15. The standard InChI is InChI=1S/C14H19NO3/c1-2-17-14(16)15-11-7-9-13(10-8-11)18-12-5-3-4-6-12/h7-10,12H,2-6H2,1H3,(H,15,16). The van der Waals surface area contributed by atoms with Crippen molar-refractivity contribution in [2.24, 2.45) is 0 Å². The number of nitrogens with one attached hydrogen (secondary N) is 1. The summed E-state index contributed by atoms with van der Waals surface area (Å²) in [4.78, 5) is 11.2. The smallest absolute Gasteiger partial charge is 0.411 e. The maximum atomic E-state index is 11.2. The van der Waals surface area contributed by atoms with E-state index in [1.165, 1.54) is 12.8 Å². The first-order valence-electron chi connectivity index (χ1n) is 6.48. The first-order valence-corrected chi connectivity index (χ1v) is 6.48. The summed E-state index contributed by atoms with van der Waals surface area (Å²) in [6.07, 6.45) is 4.72. The maximum absolute atomic E-state index is 11.2. The van der Waals surface area contributed by atoms with Gasteiger partial charge in [0.25, 0.3) is 0 Å². The molecule has 0 spiro atoms. The lowest BCUT2D eigenvalue weighted by molar-refractivity contribution is 0.168. The monoisotopic (exact) mass is 249 g/mol. The van der Waals surface area contributed by atoms with Crippen LogP contribution in [0.25, 0.3) is 0 Å². The predicted octanol–water partition coefficient (Wildman–Crippen LogP) is 3.58. The van der Waals surface area contributed by atoms with Crippen LogP contribution in [0.2, 0.25) is 0 Å². The van der Waals surface area contributed by atoms with Gasteiger partial charge in [-0.25, -0.2) is 4.79 Å². The van der Waals surface area contributed by atoms with Crippen LogP contribution >= 0.6 is 0 Å². The highest BCUT2D eigenvalue weighted by atomic mass is 16.5. The Bertz CT molecular complexity index is 383. The van der Waals surface area contributed by atoms with Gasteiger partial charge in [-0.15, -0.1) is 0 Å². The van der Waals surface area contributed by atoms with Crippen molar-refractivity contribution in [3.8, 4) is 5.75 Å². The Balaban J connectivity index is 1.86. The van der Waals surface area contributed by atoms with Gasteiger partial charge in [-0.3, -0.25) is 5.32 Å². The second-order valence-corrected chi connectivity index (χ2v) is 4.39. The zero-order valence-corrected chi connectivity index (χ0v) is 10.6. The number of hydrogen-bond donors (Lipinski definition) is 1. The third kappa shape index (κ3) is 3.65. The van der Waals surface area contributed by atoms with E-state index >= 15 is 0 Å². The molecule has 1 fully saturated rings. The number of anilines is 1. The molecule has 1 amide bonds. The minimum absolute atomic E-state index is 0.355. The van der Waals surface area contributed by atoms with Crippen molar-refractivity contribution in [3.63, 3.8) is 0 Å². The van der Waals surface area contributed by atoms with Crippen molar-refractivity contribution < 1.29 is 14.3 Å². The summed E-state index contributed by atoms with van der Waals surface area (Å²) in [7, 11) is 0. The highest BCUT2D eigenvalue weighted by Gasteiger charge is 2.16. The number of carbonyl (C=O) groups excluding carboxylic acids is 1. The van der Waals surface area contributed by atoms with E-state index in [9.17, 15) is 4.79 Å². The van der Waals surface area contributed by atoms with Crippen molar-refractivity contribution in [1.82, 2.24) is 0 Å². The summed E-state index contributed by atoms with van der Waals surface area (Å²) in [6, 6.07) is 7.39. The first-order chi connectivity index (χ1) is 8.78. The van der Waals surface area contributed by atoms with Crippen LogP contribution in [0.3, 0.4) is 0 Å². The van der Waals surface area contributed by atoms with E-state index in [0.717, 1.165) is 18.6 Å². The van der Waals surface area contributed by atoms with E-state index in [4.69, 9.17) is 9.47 Å². The largest absolute Gasteiger partial charge is 0.490 e. The van der Waals surface area contributed by atoms with Crippen LogP contribution in [0, 0.1) is 0 Å². The average Bonchev–Trinajstić information content (AvgIpc) is 2.85. The van der Waals surface area contributed by atoms with Crippen LogP contribution in [0.4, 0.5) is 10.5 Å². The van der Waals surface area contributed by atoms with Gasteiger partial charge in [0.15, 0.2) is 0 Å². The predicted molar refractivity (Wildman–Crippen MR) is 70.0 cm³/mol. The van der Waals surface area contributed by atoms with Gasteiger partial charge in [0.1, 0.15) is 5.75 Å². The van der Waals surface area contributed by atoms with E-state index in [0.29, 0.717) is 18.4 Å². The van der Waals surface area contributed by atoms with Gasteiger partial charge < -0.3 is 9.47 Å². The molecule has 2 rings (SSSR count). The Morgan fingerprint density at radius 1 is 1.28 bits per heavy atom. The molecule has 4 heteroatoms. The fourth-order valence-corrected chi connectivity index (χ4v) is 2.10. The molecule has 0 atom stereocenters. The minimum atomic E-state index is -0.429. The second kappa shape index (κ2) is 6.28. The molecular weight excluding hydrogens is 230 g/mol. The normalized spacial score (nSPS) is 15.4. The Labute approximate surface area is 107 Å². The number of benzene rings is 1. The van der Waals surface area contributed by atoms with E-state index in [-0.39, 0.29) is 0 Å². The third-order valence-corrected chi connectivity index (χ3v) is 2.98. The minimum Gasteiger partial charge on any atom is -0.490 e. The molecule has 0 radical (unpaired) electrons. The van der Waals surface area contributed by atoms with Crippen molar-refractivity contribution in [1.29, 1.82) is 0 Å². The third-order valence-electron chi connectivity index (χ3n) is 2.98. The van der Waals surface area contributed by atoms with Gasteiger partial charge in [-0.2, -0.15) is 0 Å². The fraction of sp³-hybridized carbons (Fsp3) is 0.500. The summed E-state index contributed by atoms with van der Waals surface area (Å²) in [5.41, 5.74) is 0.715. The zero-order chi connectivity index (χ0) is 12.8. The van der Waals surface area contributed by atoms with E-state index < -0.39 is 6.09 Å². The van der Waals surface area contributed by atoms with Crippen molar-refractivity contribution in [2.75, 3.05) is 11.9 Å². The Morgan fingerprint density at radius 3 is 2.56 bits per heavy atom. The molecule has 98 valence electrons. The Hall–Kier alpha value is -1.71. The molecule has 0 saturated heterocycles. The quantitative estimate of drug-likeness (QED) is 0.887. The van der Waals surface area contributed by atoms with E-state index in [1.54, 1.807) is 6.92 Å². The van der Waals surface area contributed by atoms with E-state index in [2.05, 4.69) is 5.32 Å². The zero-order valence-electron chi connectivity index (χ0n) is 10.6. The Kier molecular flexibility index (Phi) is 4.45. The molecule has 1 aromatic carbocycles.